The molecule has 2 fully saturated rings. The lowest BCUT2D eigenvalue weighted by atomic mass is 10.0. The van der Waals surface area contributed by atoms with Gasteiger partial charge in [-0.3, -0.25) is 9.58 Å². The molecule has 1 N–H and O–H groups in total. The van der Waals surface area contributed by atoms with Gasteiger partial charge in [0.1, 0.15) is 0 Å². The van der Waals surface area contributed by atoms with Crippen molar-refractivity contribution in [3.63, 3.8) is 0 Å². The summed E-state index contributed by atoms with van der Waals surface area (Å²) < 4.78 is 1.97. The molecule has 2 aliphatic rings. The summed E-state index contributed by atoms with van der Waals surface area (Å²) in [4.78, 5) is 2.60. The summed E-state index contributed by atoms with van der Waals surface area (Å²) in [5.74, 6) is 0. The average molecular weight is 297 g/mol. The van der Waals surface area contributed by atoms with Crippen LogP contribution in [0.15, 0.2) is 0 Å². The van der Waals surface area contributed by atoms with Crippen molar-refractivity contribution in [3.8, 4) is 0 Å². The molecule has 0 saturated carbocycles. The van der Waals surface area contributed by atoms with Crippen LogP contribution < -0.4 is 5.32 Å². The number of hydrogen-bond donors (Lipinski definition) is 1. The van der Waals surface area contributed by atoms with Crippen molar-refractivity contribution < 1.29 is 0 Å². The van der Waals surface area contributed by atoms with Crippen molar-refractivity contribution in [3.05, 3.63) is 16.4 Å². The van der Waals surface area contributed by atoms with Gasteiger partial charge in [0.25, 0.3) is 0 Å². The Kier molecular flexibility index (Phi) is 4.34. The monoisotopic (exact) mass is 296 g/mol. The molecule has 4 nitrogen and oxygen atoms in total. The summed E-state index contributed by atoms with van der Waals surface area (Å²) in [6, 6.07) is 1.35. The lowest BCUT2D eigenvalue weighted by molar-refractivity contribution is 0.202. The molecule has 1 aromatic heterocycles. The van der Waals surface area contributed by atoms with Crippen LogP contribution in [0.2, 0.25) is 5.02 Å². The Bertz CT molecular complexity index is 465. The minimum Gasteiger partial charge on any atom is -0.312 e. The molecule has 2 unspecified atom stereocenters. The second kappa shape index (κ2) is 6.04. The minimum absolute atomic E-state index is 0.675. The number of nitrogens with zero attached hydrogens (tertiary/aromatic N) is 3. The quantitative estimate of drug-likeness (QED) is 0.926. The highest BCUT2D eigenvalue weighted by Gasteiger charge is 2.34. The lowest BCUT2D eigenvalue weighted by Gasteiger charge is -2.29. The number of rotatable bonds is 4. The summed E-state index contributed by atoms with van der Waals surface area (Å²) >= 11 is 6.49. The van der Waals surface area contributed by atoms with E-state index < -0.39 is 0 Å². The first kappa shape index (κ1) is 14.4. The highest BCUT2D eigenvalue weighted by atomic mass is 35.5. The zero-order valence-corrected chi connectivity index (χ0v) is 13.3. The maximum Gasteiger partial charge on any atom is 0.0863 e. The van der Waals surface area contributed by atoms with Gasteiger partial charge in [-0.25, -0.2) is 0 Å². The third kappa shape index (κ3) is 2.61. The molecule has 0 amide bonds. The maximum absolute atomic E-state index is 6.49. The van der Waals surface area contributed by atoms with Gasteiger partial charge in [-0.05, 0) is 45.2 Å². The minimum atomic E-state index is 0.675. The lowest BCUT2D eigenvalue weighted by Crippen LogP contribution is -2.43. The van der Waals surface area contributed by atoms with Crippen molar-refractivity contribution in [2.75, 3.05) is 13.1 Å². The molecule has 0 aliphatic carbocycles. The van der Waals surface area contributed by atoms with E-state index in [-0.39, 0.29) is 0 Å². The van der Waals surface area contributed by atoms with Crippen LogP contribution in [0.1, 0.15) is 44.0 Å². The van der Waals surface area contributed by atoms with Gasteiger partial charge >= 0.3 is 0 Å². The molecule has 20 heavy (non-hydrogen) atoms. The van der Waals surface area contributed by atoms with E-state index in [4.69, 9.17) is 11.6 Å². The molecule has 2 atom stereocenters. The van der Waals surface area contributed by atoms with Gasteiger partial charge in [0.05, 0.1) is 16.4 Å². The van der Waals surface area contributed by atoms with E-state index >= 15 is 0 Å². The second-order valence-electron chi connectivity index (χ2n) is 6.07. The second-order valence-corrected chi connectivity index (χ2v) is 6.45. The molecule has 0 aromatic carbocycles. The van der Waals surface area contributed by atoms with Crippen LogP contribution >= 0.6 is 11.6 Å². The van der Waals surface area contributed by atoms with Crippen LogP contribution in [0, 0.1) is 0 Å². The molecule has 112 valence electrons. The van der Waals surface area contributed by atoms with Crippen molar-refractivity contribution in [2.45, 2.75) is 57.7 Å². The molecule has 0 radical (unpaired) electrons. The number of halogens is 1. The predicted molar refractivity (Wildman–Crippen MR) is 82.1 cm³/mol. The van der Waals surface area contributed by atoms with Gasteiger partial charge in [-0.2, -0.15) is 5.10 Å². The molecule has 2 saturated heterocycles. The third-order valence-electron chi connectivity index (χ3n) is 4.83. The van der Waals surface area contributed by atoms with Crippen LogP contribution in [0.3, 0.4) is 0 Å². The summed E-state index contributed by atoms with van der Waals surface area (Å²) in [5.41, 5.74) is 2.20. The molecular formula is C15H25ClN4. The van der Waals surface area contributed by atoms with Gasteiger partial charge in [-0.1, -0.05) is 18.5 Å². The smallest absolute Gasteiger partial charge is 0.0863 e. The first-order valence-corrected chi connectivity index (χ1v) is 8.26. The van der Waals surface area contributed by atoms with Gasteiger partial charge in [0, 0.05) is 25.7 Å². The number of aryl methyl sites for hydroxylation is 2. The zero-order chi connectivity index (χ0) is 14.1. The van der Waals surface area contributed by atoms with E-state index in [0.717, 1.165) is 23.7 Å². The molecular weight excluding hydrogens is 272 g/mol. The van der Waals surface area contributed by atoms with Crippen LogP contribution in [-0.4, -0.2) is 39.9 Å². The molecule has 5 heteroatoms. The van der Waals surface area contributed by atoms with Gasteiger partial charge in [0.2, 0.25) is 0 Å². The van der Waals surface area contributed by atoms with E-state index in [1.54, 1.807) is 0 Å². The number of nitrogens with one attached hydrogen (secondary N) is 1. The van der Waals surface area contributed by atoms with Gasteiger partial charge < -0.3 is 5.32 Å². The summed E-state index contributed by atoms with van der Waals surface area (Å²) in [6.07, 6.45) is 6.16. The van der Waals surface area contributed by atoms with E-state index in [0.29, 0.717) is 12.1 Å². The number of hydrogen-bond acceptors (Lipinski definition) is 3. The van der Waals surface area contributed by atoms with Gasteiger partial charge in [0.15, 0.2) is 0 Å². The van der Waals surface area contributed by atoms with Crippen LogP contribution in [0.25, 0.3) is 0 Å². The third-order valence-corrected chi connectivity index (χ3v) is 5.27. The summed E-state index contributed by atoms with van der Waals surface area (Å²) in [7, 11) is 2.01. The van der Waals surface area contributed by atoms with Crippen molar-refractivity contribution >= 4 is 11.6 Å². The Labute approximate surface area is 126 Å². The molecule has 1 aromatic rings. The van der Waals surface area contributed by atoms with E-state index in [1.807, 2.05) is 11.7 Å². The van der Waals surface area contributed by atoms with Crippen LogP contribution in [0.5, 0.6) is 0 Å². The highest BCUT2D eigenvalue weighted by molar-refractivity contribution is 6.31. The fraction of sp³-hybridized carbons (Fsp3) is 0.800. The highest BCUT2D eigenvalue weighted by Crippen LogP contribution is 2.29. The largest absolute Gasteiger partial charge is 0.312 e. The first-order valence-electron chi connectivity index (χ1n) is 7.88. The van der Waals surface area contributed by atoms with Crippen LogP contribution in [-0.2, 0) is 20.0 Å². The Balaban J connectivity index is 1.74. The zero-order valence-electron chi connectivity index (χ0n) is 12.5. The Hall–Kier alpha value is -0.580. The fourth-order valence-electron chi connectivity index (χ4n) is 3.73. The average Bonchev–Trinajstić information content (AvgIpc) is 3.14. The predicted octanol–water partition coefficient (Wildman–Crippen LogP) is 2.35. The van der Waals surface area contributed by atoms with Crippen molar-refractivity contribution in [1.82, 2.24) is 20.0 Å². The number of aromatic nitrogens is 2. The summed E-state index contributed by atoms with van der Waals surface area (Å²) in [6.45, 7) is 5.41. The van der Waals surface area contributed by atoms with Crippen LogP contribution in [0.4, 0.5) is 0 Å². The molecule has 3 rings (SSSR count). The van der Waals surface area contributed by atoms with Crippen molar-refractivity contribution in [1.29, 1.82) is 0 Å². The maximum atomic E-state index is 6.49. The Morgan fingerprint density at radius 3 is 2.85 bits per heavy atom. The molecule has 0 spiro atoms. The molecule has 3 heterocycles. The van der Waals surface area contributed by atoms with E-state index in [9.17, 15) is 0 Å². The fourth-order valence-corrected chi connectivity index (χ4v) is 4.08. The van der Waals surface area contributed by atoms with E-state index in [1.165, 1.54) is 44.5 Å². The number of likely N-dealkylation sites (tertiary alicyclic amines) is 1. The molecule has 0 bridgehead atoms. The summed E-state index contributed by atoms with van der Waals surface area (Å²) in [5, 5.41) is 9.07. The normalized spacial score (nSPS) is 27.6. The Morgan fingerprint density at radius 2 is 2.20 bits per heavy atom. The first-order chi connectivity index (χ1) is 9.70. The van der Waals surface area contributed by atoms with Crippen molar-refractivity contribution in [2.24, 2.45) is 7.05 Å². The topological polar surface area (TPSA) is 33.1 Å². The SMILES string of the molecule is CCc1nn(C)c(CN2CCCC2C2CCCN2)c1Cl. The molecule has 2 aliphatic heterocycles. The Morgan fingerprint density at radius 1 is 1.35 bits per heavy atom. The standard InChI is InChI=1S/C15H25ClN4/c1-3-11-15(16)14(19(2)18-11)10-20-9-5-7-13(20)12-6-4-8-17-12/h12-13,17H,3-10H2,1-2H3. The van der Waals surface area contributed by atoms with Gasteiger partial charge in [-0.15, -0.1) is 0 Å². The van der Waals surface area contributed by atoms with E-state index in [2.05, 4.69) is 22.2 Å².